The van der Waals surface area contributed by atoms with Crippen LogP contribution >= 0.6 is 11.3 Å². The summed E-state index contributed by atoms with van der Waals surface area (Å²) < 4.78 is 26.3. The molecule has 2 aromatic rings. The number of hydrogen-bond donors (Lipinski definition) is 0. The van der Waals surface area contributed by atoms with Crippen LogP contribution in [0.4, 0.5) is 5.13 Å². The van der Waals surface area contributed by atoms with Gasteiger partial charge in [-0.3, -0.25) is 24.0 Å². The van der Waals surface area contributed by atoms with Gasteiger partial charge in [0, 0.05) is 52.6 Å². The van der Waals surface area contributed by atoms with Crippen LogP contribution in [0.5, 0.6) is 0 Å². The van der Waals surface area contributed by atoms with Crippen molar-refractivity contribution in [2.45, 2.75) is 59.0 Å². The van der Waals surface area contributed by atoms with Gasteiger partial charge in [0.05, 0.1) is 11.9 Å². The number of nitrogens with zero attached hydrogens (tertiary/aromatic N) is 3. The predicted molar refractivity (Wildman–Crippen MR) is 143 cm³/mol. The van der Waals surface area contributed by atoms with Crippen molar-refractivity contribution in [2.24, 2.45) is 5.10 Å². The summed E-state index contributed by atoms with van der Waals surface area (Å²) in [5.41, 5.74) is 1.63. The summed E-state index contributed by atoms with van der Waals surface area (Å²) in [5.74, 6) is -3.95. The van der Waals surface area contributed by atoms with Crippen molar-refractivity contribution >= 4 is 52.5 Å². The van der Waals surface area contributed by atoms with Crippen molar-refractivity contribution in [3.05, 3.63) is 35.7 Å². The lowest BCUT2D eigenvalue weighted by Crippen LogP contribution is -2.53. The molecule has 1 aromatic carbocycles. The highest BCUT2D eigenvalue weighted by Crippen LogP contribution is 2.27. The van der Waals surface area contributed by atoms with Crippen LogP contribution in [0.15, 0.2) is 40.8 Å². The average molecular weight is 578 g/mol. The fourth-order valence-corrected chi connectivity index (χ4v) is 4.17. The Labute approximate surface area is 235 Å². The first-order chi connectivity index (χ1) is 18.9. The van der Waals surface area contributed by atoms with Gasteiger partial charge in [0.2, 0.25) is 5.13 Å². The second-order valence-corrected chi connectivity index (χ2v) is 9.18. The Morgan fingerprint density at radius 1 is 0.850 bits per heavy atom. The Morgan fingerprint density at radius 2 is 1.43 bits per heavy atom. The minimum atomic E-state index is -1.56. The fourth-order valence-electron chi connectivity index (χ4n) is 3.41. The molecule has 40 heavy (non-hydrogen) atoms. The molecule has 216 valence electrons. The van der Waals surface area contributed by atoms with E-state index < -0.39 is 60.9 Å². The molecule has 0 N–H and O–H groups in total. The third kappa shape index (κ3) is 10.4. The van der Waals surface area contributed by atoms with Gasteiger partial charge >= 0.3 is 29.8 Å². The molecular formula is C26H31N3O10S. The number of benzene rings is 1. The number of carbonyl (C=O) groups is 5. The molecule has 0 aliphatic carbocycles. The molecule has 0 radical (unpaired) electrons. The molecule has 0 unspecified atom stereocenters. The monoisotopic (exact) mass is 577 g/mol. The highest BCUT2D eigenvalue weighted by atomic mass is 32.1. The molecule has 0 aliphatic heterocycles. The van der Waals surface area contributed by atoms with E-state index in [0.717, 1.165) is 52.1 Å². The summed E-state index contributed by atoms with van der Waals surface area (Å²) in [7, 11) is 1.60. The van der Waals surface area contributed by atoms with Crippen LogP contribution in [-0.2, 0) is 47.7 Å². The number of thiazole rings is 1. The first-order valence-electron chi connectivity index (χ1n) is 12.0. The standard InChI is InChI=1S/C26H31N3O10S/c1-15(30)35-13-23(37-17(3)32)25(39-19(5)34)24(38-18(4)33)22(36-16(2)31)12-27-29(6)26-28-21(14-40-26)20-10-8-7-9-11-20/h7-12,14,22-25H,13H2,1-6H3/b27-12+/t22-,23+,24+,25-/m0/s1. The smallest absolute Gasteiger partial charge is 0.303 e. The number of aromatic nitrogens is 1. The van der Waals surface area contributed by atoms with E-state index >= 15 is 0 Å². The number of hydrogen-bond acceptors (Lipinski definition) is 14. The van der Waals surface area contributed by atoms with E-state index in [-0.39, 0.29) is 0 Å². The van der Waals surface area contributed by atoms with Gasteiger partial charge in [-0.15, -0.1) is 11.3 Å². The zero-order valence-corrected chi connectivity index (χ0v) is 23.7. The van der Waals surface area contributed by atoms with Gasteiger partial charge in [-0.1, -0.05) is 30.3 Å². The quantitative estimate of drug-likeness (QED) is 0.148. The number of esters is 5. The molecule has 0 fully saturated rings. The fraction of sp³-hybridized carbons (Fsp3) is 0.423. The lowest BCUT2D eigenvalue weighted by Gasteiger charge is -2.34. The van der Waals surface area contributed by atoms with Gasteiger partial charge < -0.3 is 23.7 Å². The molecule has 0 spiro atoms. The molecule has 14 heteroatoms. The SMILES string of the molecule is CC(=O)OC[C@@H](OC(C)=O)[C@H](OC(C)=O)[C@H](OC(C)=O)[C@H](/C=N/N(C)c1nc(-c2ccccc2)cs1)OC(C)=O. The predicted octanol–water partition coefficient (Wildman–Crippen LogP) is 2.52. The van der Waals surface area contributed by atoms with Crippen molar-refractivity contribution in [3.8, 4) is 11.3 Å². The molecule has 1 aromatic heterocycles. The molecule has 0 saturated heterocycles. The maximum absolute atomic E-state index is 12.1. The number of carbonyl (C=O) groups excluding carboxylic acids is 5. The summed E-state index contributed by atoms with van der Waals surface area (Å²) in [6.45, 7) is 4.94. The number of hydrazone groups is 1. The summed E-state index contributed by atoms with van der Waals surface area (Å²) in [5, 5.41) is 8.03. The molecule has 2 rings (SSSR count). The van der Waals surface area contributed by atoms with Gasteiger partial charge in [-0.25, -0.2) is 9.99 Å². The molecule has 1 heterocycles. The minimum Gasteiger partial charge on any atom is -0.462 e. The Kier molecular flexibility index (Phi) is 12.2. The van der Waals surface area contributed by atoms with Crippen LogP contribution in [0.1, 0.15) is 34.6 Å². The minimum absolute atomic E-state index is 0.491. The maximum Gasteiger partial charge on any atom is 0.303 e. The van der Waals surface area contributed by atoms with E-state index in [1.165, 1.54) is 16.3 Å². The molecule has 0 amide bonds. The van der Waals surface area contributed by atoms with Crippen molar-refractivity contribution in [1.82, 2.24) is 4.98 Å². The van der Waals surface area contributed by atoms with Crippen molar-refractivity contribution in [3.63, 3.8) is 0 Å². The van der Waals surface area contributed by atoms with E-state index in [2.05, 4.69) is 10.1 Å². The van der Waals surface area contributed by atoms with Crippen LogP contribution in [0.3, 0.4) is 0 Å². The second kappa shape index (κ2) is 15.3. The van der Waals surface area contributed by atoms with Crippen LogP contribution in [-0.4, -0.2) is 79.1 Å². The number of ether oxygens (including phenoxy) is 5. The first kappa shape index (κ1) is 31.9. The van der Waals surface area contributed by atoms with Crippen molar-refractivity contribution in [1.29, 1.82) is 0 Å². The topological polar surface area (TPSA) is 160 Å². The molecule has 4 atom stereocenters. The van der Waals surface area contributed by atoms with Gasteiger partial charge in [0.1, 0.15) is 6.61 Å². The molecule has 0 aliphatic rings. The molecule has 0 saturated carbocycles. The maximum atomic E-state index is 12.1. The van der Waals surface area contributed by atoms with Crippen molar-refractivity contribution in [2.75, 3.05) is 18.7 Å². The lowest BCUT2D eigenvalue weighted by molar-refractivity contribution is -0.197. The Balaban J connectivity index is 2.46. The van der Waals surface area contributed by atoms with Gasteiger partial charge in [0.25, 0.3) is 0 Å². The number of anilines is 1. The summed E-state index contributed by atoms with van der Waals surface area (Å²) in [6, 6.07) is 9.49. The van der Waals surface area contributed by atoms with E-state index in [0.29, 0.717) is 5.13 Å². The summed E-state index contributed by atoms with van der Waals surface area (Å²) in [4.78, 5) is 63.9. The van der Waals surface area contributed by atoms with Crippen LogP contribution in [0, 0.1) is 0 Å². The van der Waals surface area contributed by atoms with Gasteiger partial charge in [-0.05, 0) is 0 Å². The van der Waals surface area contributed by atoms with E-state index in [1.54, 1.807) is 7.05 Å². The zero-order valence-electron chi connectivity index (χ0n) is 22.9. The summed E-state index contributed by atoms with van der Waals surface area (Å²) in [6.07, 6.45) is -4.82. The van der Waals surface area contributed by atoms with Crippen LogP contribution in [0.2, 0.25) is 0 Å². The van der Waals surface area contributed by atoms with Gasteiger partial charge in [0.15, 0.2) is 24.4 Å². The Morgan fingerprint density at radius 3 is 1.98 bits per heavy atom. The van der Waals surface area contributed by atoms with E-state index in [9.17, 15) is 24.0 Å². The Bertz CT molecular complexity index is 1220. The molecule has 13 nitrogen and oxygen atoms in total. The van der Waals surface area contributed by atoms with Gasteiger partial charge in [-0.2, -0.15) is 5.10 Å². The van der Waals surface area contributed by atoms with E-state index in [1.807, 2.05) is 35.7 Å². The third-order valence-corrected chi connectivity index (χ3v) is 5.82. The zero-order chi connectivity index (χ0) is 29.8. The summed E-state index contributed by atoms with van der Waals surface area (Å²) >= 11 is 1.31. The highest BCUT2D eigenvalue weighted by Gasteiger charge is 2.43. The van der Waals surface area contributed by atoms with Crippen LogP contribution < -0.4 is 5.01 Å². The lowest BCUT2D eigenvalue weighted by atomic mass is 10.0. The largest absolute Gasteiger partial charge is 0.462 e. The van der Waals surface area contributed by atoms with Crippen LogP contribution in [0.25, 0.3) is 11.3 Å². The third-order valence-electron chi connectivity index (χ3n) is 4.91. The first-order valence-corrected chi connectivity index (χ1v) is 12.9. The Hall–Kier alpha value is -4.33. The highest BCUT2D eigenvalue weighted by molar-refractivity contribution is 7.14. The van der Waals surface area contributed by atoms with Crippen molar-refractivity contribution < 1.29 is 47.7 Å². The molecule has 0 bridgehead atoms. The van der Waals surface area contributed by atoms with E-state index in [4.69, 9.17) is 23.7 Å². The average Bonchev–Trinajstić information content (AvgIpc) is 3.37. The normalized spacial score (nSPS) is 13.8. The second-order valence-electron chi connectivity index (χ2n) is 8.34. The molecular weight excluding hydrogens is 546 g/mol. The number of rotatable bonds is 13.